The lowest BCUT2D eigenvalue weighted by Crippen LogP contribution is -2.33. The van der Waals surface area contributed by atoms with E-state index in [4.69, 9.17) is 0 Å². The van der Waals surface area contributed by atoms with Gasteiger partial charge in [0.1, 0.15) is 9.84 Å². The molecule has 1 aromatic heterocycles. The van der Waals surface area contributed by atoms with Crippen LogP contribution < -0.4 is 5.32 Å². The third kappa shape index (κ3) is 5.38. The molecule has 0 aromatic carbocycles. The van der Waals surface area contributed by atoms with E-state index in [0.29, 0.717) is 12.1 Å². The molecule has 0 aliphatic heterocycles. The number of hydrogen-bond acceptors (Lipinski definition) is 6. The van der Waals surface area contributed by atoms with Crippen molar-refractivity contribution in [3.63, 3.8) is 0 Å². The molecule has 0 saturated heterocycles. The summed E-state index contributed by atoms with van der Waals surface area (Å²) in [7, 11) is -5.66. The van der Waals surface area contributed by atoms with Gasteiger partial charge in [0.15, 0.2) is 5.03 Å². The van der Waals surface area contributed by atoms with Crippen molar-refractivity contribution in [3.05, 3.63) is 11.8 Å². The molecule has 1 rings (SSSR count). The van der Waals surface area contributed by atoms with Crippen molar-refractivity contribution in [3.8, 4) is 0 Å². The molecule has 0 aliphatic rings. The fraction of sp³-hybridized carbons (Fsp3) is 0.727. The van der Waals surface area contributed by atoms with Crippen molar-refractivity contribution in [2.75, 3.05) is 25.6 Å². The van der Waals surface area contributed by atoms with Crippen LogP contribution in [0.5, 0.6) is 0 Å². The van der Waals surface area contributed by atoms with Crippen LogP contribution in [-0.4, -0.2) is 63.0 Å². The largest absolute Gasteiger partial charge is 0.310 e. The summed E-state index contributed by atoms with van der Waals surface area (Å²) in [5.74, 6) is -0.226. The standard InChI is InChI=1S/C11H22N4O4S2/c1-9(2)12-7-10-8-13-14-11(10)21(18,19)15(3)5-6-20(4,16)17/h8-9,12H,5-7H2,1-4H3,(H,13,14). The Hall–Kier alpha value is -0.970. The average Bonchev–Trinajstić information content (AvgIpc) is 2.81. The maximum Gasteiger partial charge on any atom is 0.260 e. The molecule has 10 heteroatoms. The summed E-state index contributed by atoms with van der Waals surface area (Å²) >= 11 is 0. The van der Waals surface area contributed by atoms with E-state index in [1.807, 2.05) is 13.8 Å². The third-order valence-corrected chi connectivity index (χ3v) is 5.62. The van der Waals surface area contributed by atoms with Crippen LogP contribution in [0.15, 0.2) is 11.2 Å². The minimum atomic E-state index is -3.79. The van der Waals surface area contributed by atoms with Crippen LogP contribution in [0.1, 0.15) is 19.4 Å². The van der Waals surface area contributed by atoms with Crippen molar-refractivity contribution in [2.24, 2.45) is 0 Å². The number of rotatable bonds is 8. The maximum atomic E-state index is 12.4. The highest BCUT2D eigenvalue weighted by atomic mass is 32.2. The molecule has 122 valence electrons. The SMILES string of the molecule is CC(C)NCc1cn[nH]c1S(=O)(=O)N(C)CCS(C)(=O)=O. The predicted molar refractivity (Wildman–Crippen MR) is 80.1 cm³/mol. The third-order valence-electron chi connectivity index (χ3n) is 2.82. The van der Waals surface area contributed by atoms with Crippen molar-refractivity contribution in [2.45, 2.75) is 31.5 Å². The molecular weight excluding hydrogens is 316 g/mol. The molecule has 0 unspecified atom stereocenters. The molecule has 1 heterocycles. The van der Waals surface area contributed by atoms with E-state index in [9.17, 15) is 16.8 Å². The monoisotopic (exact) mass is 338 g/mol. The second-order valence-corrected chi connectivity index (χ2v) is 9.46. The molecule has 1 aromatic rings. The fourth-order valence-corrected chi connectivity index (χ4v) is 3.52. The normalized spacial score (nSPS) is 13.2. The quantitative estimate of drug-likeness (QED) is 0.665. The first-order valence-corrected chi connectivity index (χ1v) is 9.94. The molecule has 0 saturated carbocycles. The van der Waals surface area contributed by atoms with Crippen molar-refractivity contribution < 1.29 is 16.8 Å². The van der Waals surface area contributed by atoms with Gasteiger partial charge < -0.3 is 5.32 Å². The van der Waals surface area contributed by atoms with Gasteiger partial charge >= 0.3 is 0 Å². The zero-order valence-corrected chi connectivity index (χ0v) is 14.3. The van der Waals surface area contributed by atoms with E-state index >= 15 is 0 Å². The summed E-state index contributed by atoms with van der Waals surface area (Å²) in [5, 5.41) is 9.36. The van der Waals surface area contributed by atoms with Gasteiger partial charge in [0, 0.05) is 38.0 Å². The molecule has 0 amide bonds. The van der Waals surface area contributed by atoms with E-state index in [2.05, 4.69) is 15.5 Å². The average molecular weight is 338 g/mol. The number of aromatic amines is 1. The van der Waals surface area contributed by atoms with Crippen LogP contribution in [0.25, 0.3) is 0 Å². The second-order valence-electron chi connectivity index (χ2n) is 5.22. The lowest BCUT2D eigenvalue weighted by molar-refractivity contribution is 0.479. The molecule has 0 bridgehead atoms. The summed E-state index contributed by atoms with van der Waals surface area (Å²) in [5.41, 5.74) is 0.523. The number of sulfonamides is 1. The molecule has 0 fully saturated rings. The minimum absolute atomic E-state index is 0.00773. The Morgan fingerprint density at radius 3 is 2.48 bits per heavy atom. The van der Waals surface area contributed by atoms with Crippen molar-refractivity contribution in [1.29, 1.82) is 0 Å². The van der Waals surface area contributed by atoms with E-state index in [1.165, 1.54) is 13.2 Å². The van der Waals surface area contributed by atoms with E-state index < -0.39 is 19.9 Å². The summed E-state index contributed by atoms with van der Waals surface area (Å²) in [6.07, 6.45) is 2.52. The van der Waals surface area contributed by atoms with Crippen LogP contribution in [0.4, 0.5) is 0 Å². The van der Waals surface area contributed by atoms with Crippen molar-refractivity contribution >= 4 is 19.9 Å². The van der Waals surface area contributed by atoms with Gasteiger partial charge in [0.05, 0.1) is 11.9 Å². The Bertz CT molecular complexity index is 664. The Morgan fingerprint density at radius 1 is 1.33 bits per heavy atom. The Labute approximate surface area is 125 Å². The van der Waals surface area contributed by atoms with Crippen LogP contribution in [-0.2, 0) is 26.4 Å². The Kier molecular flexibility index (Phi) is 5.91. The zero-order valence-electron chi connectivity index (χ0n) is 12.6. The molecule has 2 N–H and O–H groups in total. The first-order valence-electron chi connectivity index (χ1n) is 6.43. The molecule has 0 spiro atoms. The van der Waals surface area contributed by atoms with E-state index in [0.717, 1.165) is 10.6 Å². The van der Waals surface area contributed by atoms with Gasteiger partial charge in [0.25, 0.3) is 10.0 Å². The number of H-pyrrole nitrogens is 1. The minimum Gasteiger partial charge on any atom is -0.310 e. The van der Waals surface area contributed by atoms with Gasteiger partial charge in [-0.2, -0.15) is 9.40 Å². The Morgan fingerprint density at radius 2 is 1.95 bits per heavy atom. The Balaban J connectivity index is 2.90. The summed E-state index contributed by atoms with van der Waals surface area (Å²) in [6.45, 7) is 4.17. The summed E-state index contributed by atoms with van der Waals surface area (Å²) < 4.78 is 48.1. The fourth-order valence-electron chi connectivity index (χ4n) is 1.53. The van der Waals surface area contributed by atoms with Gasteiger partial charge in [-0.15, -0.1) is 0 Å². The smallest absolute Gasteiger partial charge is 0.260 e. The van der Waals surface area contributed by atoms with Gasteiger partial charge in [-0.25, -0.2) is 16.8 Å². The predicted octanol–water partition coefficient (Wildman–Crippen LogP) is -0.427. The zero-order chi connectivity index (χ0) is 16.3. The number of hydrogen-bond donors (Lipinski definition) is 2. The summed E-state index contributed by atoms with van der Waals surface area (Å²) in [4.78, 5) is 0. The highest BCUT2D eigenvalue weighted by molar-refractivity contribution is 7.91. The molecule has 21 heavy (non-hydrogen) atoms. The van der Waals surface area contributed by atoms with Crippen LogP contribution in [0.2, 0.25) is 0 Å². The lowest BCUT2D eigenvalue weighted by atomic mass is 10.3. The van der Waals surface area contributed by atoms with Gasteiger partial charge in [-0.3, -0.25) is 5.10 Å². The van der Waals surface area contributed by atoms with E-state index in [1.54, 1.807) is 0 Å². The number of aromatic nitrogens is 2. The maximum absolute atomic E-state index is 12.4. The lowest BCUT2D eigenvalue weighted by Gasteiger charge is -2.17. The van der Waals surface area contributed by atoms with Crippen LogP contribution in [0, 0.1) is 0 Å². The molecule has 0 atom stereocenters. The topological polar surface area (TPSA) is 112 Å². The summed E-state index contributed by atoms with van der Waals surface area (Å²) in [6, 6.07) is 0.207. The second kappa shape index (κ2) is 6.86. The van der Waals surface area contributed by atoms with E-state index in [-0.39, 0.29) is 23.4 Å². The highest BCUT2D eigenvalue weighted by Crippen LogP contribution is 2.16. The van der Waals surface area contributed by atoms with Crippen LogP contribution >= 0.6 is 0 Å². The molecule has 8 nitrogen and oxygen atoms in total. The molecule has 0 aliphatic carbocycles. The van der Waals surface area contributed by atoms with Gasteiger partial charge in [-0.05, 0) is 0 Å². The molecule has 0 radical (unpaired) electrons. The van der Waals surface area contributed by atoms with Crippen molar-refractivity contribution in [1.82, 2.24) is 19.8 Å². The van der Waals surface area contributed by atoms with Gasteiger partial charge in [0.2, 0.25) is 0 Å². The highest BCUT2D eigenvalue weighted by Gasteiger charge is 2.26. The molecular formula is C11H22N4O4S2. The van der Waals surface area contributed by atoms with Crippen LogP contribution in [0.3, 0.4) is 0 Å². The first-order chi connectivity index (χ1) is 9.54. The number of nitrogens with zero attached hydrogens (tertiary/aromatic N) is 2. The number of sulfone groups is 1. The van der Waals surface area contributed by atoms with Gasteiger partial charge in [-0.1, -0.05) is 13.8 Å². The number of nitrogens with one attached hydrogen (secondary N) is 2. The first kappa shape index (κ1) is 18.1.